The lowest BCUT2D eigenvalue weighted by Gasteiger charge is -2.42. The van der Waals surface area contributed by atoms with E-state index in [1.54, 1.807) is 28.0 Å². The van der Waals surface area contributed by atoms with Crippen LogP contribution >= 0.6 is 0 Å². The molecule has 2 fully saturated rings. The molecule has 0 spiro atoms. The number of amides is 4. The van der Waals surface area contributed by atoms with E-state index in [9.17, 15) is 14.4 Å². The highest BCUT2D eigenvalue weighted by molar-refractivity contribution is 5.91. The molecule has 0 saturated carbocycles. The normalized spacial score (nSPS) is 21.3. The summed E-state index contributed by atoms with van der Waals surface area (Å²) < 4.78 is 7.10. The van der Waals surface area contributed by atoms with E-state index >= 15 is 0 Å². The van der Waals surface area contributed by atoms with Gasteiger partial charge in [-0.2, -0.15) is 0 Å². The number of carbonyl (C=O) groups is 3. The molecule has 2 aliphatic heterocycles. The highest BCUT2D eigenvalue weighted by Gasteiger charge is 2.49. The van der Waals surface area contributed by atoms with Crippen LogP contribution in [-0.2, 0) is 20.9 Å². The van der Waals surface area contributed by atoms with E-state index in [4.69, 9.17) is 4.74 Å². The highest BCUT2D eigenvalue weighted by Crippen LogP contribution is 2.28. The van der Waals surface area contributed by atoms with Crippen LogP contribution in [0.4, 0.5) is 4.79 Å². The van der Waals surface area contributed by atoms with E-state index < -0.39 is 6.04 Å². The van der Waals surface area contributed by atoms with Crippen molar-refractivity contribution in [1.29, 1.82) is 0 Å². The zero-order valence-corrected chi connectivity index (χ0v) is 18.9. The molecule has 3 rings (SSSR count). The third kappa shape index (κ3) is 5.36. The third-order valence-corrected chi connectivity index (χ3v) is 5.87. The molecule has 1 aromatic heterocycles. The summed E-state index contributed by atoms with van der Waals surface area (Å²) in [6.45, 7) is 8.97. The molecule has 2 saturated heterocycles. The van der Waals surface area contributed by atoms with Crippen LogP contribution in [0.2, 0.25) is 0 Å². The first-order valence-corrected chi connectivity index (χ1v) is 10.9. The Bertz CT molecular complexity index is 795. The number of piperazine rings is 1. The van der Waals surface area contributed by atoms with E-state index in [1.807, 2.05) is 31.5 Å². The van der Waals surface area contributed by atoms with Crippen LogP contribution in [0.3, 0.4) is 0 Å². The Hall–Kier alpha value is -2.62. The molecule has 1 N–H and O–H groups in total. The van der Waals surface area contributed by atoms with Gasteiger partial charge in [0.2, 0.25) is 11.8 Å². The predicted octanol–water partition coefficient (Wildman–Crippen LogP) is 0.317. The molecule has 1 aromatic rings. The zero-order valence-electron chi connectivity index (χ0n) is 18.9. The van der Waals surface area contributed by atoms with Crippen molar-refractivity contribution in [3.63, 3.8) is 0 Å². The van der Waals surface area contributed by atoms with Crippen LogP contribution in [-0.4, -0.2) is 101 Å². The van der Waals surface area contributed by atoms with Crippen molar-refractivity contribution in [2.24, 2.45) is 5.92 Å². The molecule has 10 heteroatoms. The summed E-state index contributed by atoms with van der Waals surface area (Å²) in [5.41, 5.74) is 0. The number of imidazole rings is 1. The molecule has 0 bridgehead atoms. The van der Waals surface area contributed by atoms with E-state index in [-0.39, 0.29) is 36.3 Å². The summed E-state index contributed by atoms with van der Waals surface area (Å²) in [4.78, 5) is 47.8. The van der Waals surface area contributed by atoms with E-state index in [0.29, 0.717) is 45.8 Å². The van der Waals surface area contributed by atoms with Gasteiger partial charge in [0, 0.05) is 52.2 Å². The van der Waals surface area contributed by atoms with Crippen LogP contribution in [0.25, 0.3) is 0 Å². The number of nitrogens with zero attached hydrogens (tertiary/aromatic N) is 5. The maximum Gasteiger partial charge on any atom is 0.321 e. The summed E-state index contributed by atoms with van der Waals surface area (Å²) in [6.07, 6.45) is 4.19. The number of aryl methyl sites for hydroxylation is 1. The van der Waals surface area contributed by atoms with Crippen LogP contribution in [0.1, 0.15) is 26.1 Å². The number of ether oxygens (including phenoxy) is 1. The number of hydrogen-bond donors (Lipinski definition) is 1. The number of urea groups is 1. The predicted molar refractivity (Wildman–Crippen MR) is 114 cm³/mol. The molecule has 2 aliphatic rings. The molecule has 0 aliphatic carbocycles. The Kier molecular flexibility index (Phi) is 7.53. The van der Waals surface area contributed by atoms with Gasteiger partial charge >= 0.3 is 6.03 Å². The molecule has 4 amide bonds. The molecule has 172 valence electrons. The average molecular weight is 435 g/mol. The SMILES string of the molecule is COCCN1C[C@@H]2CN(CC(=O)NCCn3ccnc3C)C(=O)N2[C@@H](CC(C)C)C1=O. The van der Waals surface area contributed by atoms with Crippen LogP contribution in [0.5, 0.6) is 0 Å². The minimum atomic E-state index is -0.486. The fourth-order valence-electron chi connectivity index (χ4n) is 4.33. The summed E-state index contributed by atoms with van der Waals surface area (Å²) >= 11 is 0. The standard InChI is InChI=1S/C21H34N6O4/c1-15(2)11-18-20(29)25(9-10-31-4)12-17-13-26(21(30)27(17)18)14-19(28)23-6-8-24-7-5-22-16(24)3/h5,7,15,17-18H,6,8-14H2,1-4H3,(H,23,28)/t17-,18+/m1/s1. The summed E-state index contributed by atoms with van der Waals surface area (Å²) in [6, 6.07) is -0.816. The van der Waals surface area contributed by atoms with E-state index in [1.165, 1.54) is 0 Å². The summed E-state index contributed by atoms with van der Waals surface area (Å²) in [5.74, 6) is 0.930. The third-order valence-electron chi connectivity index (χ3n) is 5.87. The van der Waals surface area contributed by atoms with Gasteiger partial charge in [0.15, 0.2) is 0 Å². The van der Waals surface area contributed by atoms with Gasteiger partial charge in [-0.15, -0.1) is 0 Å². The number of hydrogen-bond acceptors (Lipinski definition) is 5. The van der Waals surface area contributed by atoms with Gasteiger partial charge in [0.1, 0.15) is 18.4 Å². The van der Waals surface area contributed by atoms with Crippen molar-refractivity contribution in [3.8, 4) is 0 Å². The average Bonchev–Trinajstić information content (AvgIpc) is 3.25. The van der Waals surface area contributed by atoms with E-state index in [2.05, 4.69) is 10.3 Å². The van der Waals surface area contributed by atoms with Gasteiger partial charge < -0.3 is 29.3 Å². The Morgan fingerprint density at radius 1 is 1.26 bits per heavy atom. The van der Waals surface area contributed by atoms with Crippen LogP contribution in [0, 0.1) is 12.8 Å². The summed E-state index contributed by atoms with van der Waals surface area (Å²) in [7, 11) is 1.61. The maximum absolute atomic E-state index is 13.1. The molecule has 0 radical (unpaired) electrons. The van der Waals surface area contributed by atoms with E-state index in [0.717, 1.165) is 5.82 Å². The van der Waals surface area contributed by atoms with Crippen molar-refractivity contribution < 1.29 is 19.1 Å². The Labute approximate surface area is 183 Å². The van der Waals surface area contributed by atoms with Crippen molar-refractivity contribution in [2.75, 3.05) is 46.4 Å². The van der Waals surface area contributed by atoms with Gasteiger partial charge in [-0.05, 0) is 19.3 Å². The van der Waals surface area contributed by atoms with Crippen molar-refractivity contribution in [3.05, 3.63) is 18.2 Å². The number of nitrogens with one attached hydrogen (secondary N) is 1. The minimum absolute atomic E-state index is 0.00456. The molecular weight excluding hydrogens is 400 g/mol. The monoisotopic (exact) mass is 434 g/mol. The lowest BCUT2D eigenvalue weighted by Crippen LogP contribution is -2.61. The van der Waals surface area contributed by atoms with Gasteiger partial charge in [-0.1, -0.05) is 13.8 Å². The molecular formula is C21H34N6O4. The molecule has 10 nitrogen and oxygen atoms in total. The van der Waals surface area contributed by atoms with Gasteiger partial charge in [-0.3, -0.25) is 9.59 Å². The fourth-order valence-corrected chi connectivity index (χ4v) is 4.33. The quantitative estimate of drug-likeness (QED) is 0.572. The van der Waals surface area contributed by atoms with Crippen LogP contribution < -0.4 is 5.32 Å². The Balaban J connectivity index is 1.60. The molecule has 2 atom stereocenters. The maximum atomic E-state index is 13.1. The number of fused-ring (bicyclic) bond motifs is 1. The van der Waals surface area contributed by atoms with Crippen molar-refractivity contribution >= 4 is 17.8 Å². The lowest BCUT2D eigenvalue weighted by atomic mass is 9.97. The van der Waals surface area contributed by atoms with Gasteiger partial charge in [0.05, 0.1) is 12.6 Å². The lowest BCUT2D eigenvalue weighted by molar-refractivity contribution is -0.143. The largest absolute Gasteiger partial charge is 0.383 e. The summed E-state index contributed by atoms with van der Waals surface area (Å²) in [5, 5.41) is 2.87. The number of carbonyl (C=O) groups excluding carboxylic acids is 3. The number of aromatic nitrogens is 2. The smallest absolute Gasteiger partial charge is 0.321 e. The van der Waals surface area contributed by atoms with Gasteiger partial charge in [-0.25, -0.2) is 9.78 Å². The van der Waals surface area contributed by atoms with Crippen LogP contribution in [0.15, 0.2) is 12.4 Å². The second-order valence-corrected chi connectivity index (χ2v) is 8.66. The first-order chi connectivity index (χ1) is 14.8. The van der Waals surface area contributed by atoms with Crippen molar-refractivity contribution in [2.45, 2.75) is 45.8 Å². The topological polar surface area (TPSA) is 100 Å². The second kappa shape index (κ2) is 10.1. The number of methoxy groups -OCH3 is 1. The zero-order chi connectivity index (χ0) is 22.5. The first kappa shape index (κ1) is 23.1. The first-order valence-electron chi connectivity index (χ1n) is 10.9. The molecule has 31 heavy (non-hydrogen) atoms. The number of rotatable bonds is 10. The fraction of sp³-hybridized carbons (Fsp3) is 0.714. The molecule has 3 heterocycles. The molecule has 0 unspecified atom stereocenters. The van der Waals surface area contributed by atoms with Crippen molar-refractivity contribution in [1.82, 2.24) is 29.6 Å². The van der Waals surface area contributed by atoms with Gasteiger partial charge in [0.25, 0.3) is 0 Å². The second-order valence-electron chi connectivity index (χ2n) is 8.66. The Morgan fingerprint density at radius 2 is 2.00 bits per heavy atom. The highest BCUT2D eigenvalue weighted by atomic mass is 16.5. The Morgan fingerprint density at radius 3 is 2.65 bits per heavy atom. The minimum Gasteiger partial charge on any atom is -0.383 e. The molecule has 0 aromatic carbocycles.